The van der Waals surface area contributed by atoms with E-state index in [1.165, 1.54) is 11.1 Å². The molecule has 1 saturated carbocycles. The largest absolute Gasteiger partial charge is 0.352 e. The first-order valence-corrected chi connectivity index (χ1v) is 11.8. The summed E-state index contributed by atoms with van der Waals surface area (Å²) in [6.07, 6.45) is 2.24. The van der Waals surface area contributed by atoms with E-state index in [9.17, 15) is 9.59 Å². The van der Waals surface area contributed by atoms with E-state index < -0.39 is 0 Å². The zero-order valence-electron chi connectivity index (χ0n) is 19.1. The molecular weight excluding hydrogens is 390 g/mol. The quantitative estimate of drug-likeness (QED) is 0.702. The predicted octanol–water partition coefficient (Wildman–Crippen LogP) is 0.924. The lowest BCUT2D eigenvalue weighted by molar-refractivity contribution is -0.135. The number of aryl methyl sites for hydroxylation is 1. The summed E-state index contributed by atoms with van der Waals surface area (Å²) in [7, 11) is 0. The Balaban J connectivity index is 1.15. The second-order valence-corrected chi connectivity index (χ2v) is 9.42. The summed E-state index contributed by atoms with van der Waals surface area (Å²) < 4.78 is 0. The highest BCUT2D eigenvalue weighted by atomic mass is 16.2. The fourth-order valence-corrected chi connectivity index (χ4v) is 4.54. The van der Waals surface area contributed by atoms with Crippen molar-refractivity contribution in [3.05, 3.63) is 35.4 Å². The maximum Gasteiger partial charge on any atom is 0.237 e. The Bertz CT molecular complexity index is 765. The molecule has 1 aliphatic carbocycles. The van der Waals surface area contributed by atoms with Gasteiger partial charge in [0.05, 0.1) is 12.6 Å². The number of nitrogens with zero attached hydrogens (tertiary/aromatic N) is 4. The van der Waals surface area contributed by atoms with Gasteiger partial charge in [-0.3, -0.25) is 24.3 Å². The van der Waals surface area contributed by atoms with Crippen LogP contribution >= 0.6 is 0 Å². The van der Waals surface area contributed by atoms with E-state index in [0.29, 0.717) is 12.6 Å². The van der Waals surface area contributed by atoms with Crippen LogP contribution in [0.4, 0.5) is 0 Å². The van der Waals surface area contributed by atoms with Crippen molar-refractivity contribution >= 4 is 11.8 Å². The van der Waals surface area contributed by atoms with E-state index in [1.807, 2.05) is 11.8 Å². The highest BCUT2D eigenvalue weighted by Gasteiger charge is 2.31. The molecule has 7 nitrogen and oxygen atoms in total. The van der Waals surface area contributed by atoms with Crippen molar-refractivity contribution < 1.29 is 9.59 Å². The maximum absolute atomic E-state index is 12.8. The van der Waals surface area contributed by atoms with Gasteiger partial charge in [-0.15, -0.1) is 0 Å². The number of hydrogen-bond acceptors (Lipinski definition) is 5. The van der Waals surface area contributed by atoms with Crippen LogP contribution in [0.1, 0.15) is 30.9 Å². The van der Waals surface area contributed by atoms with Gasteiger partial charge in [0.25, 0.3) is 0 Å². The van der Waals surface area contributed by atoms with E-state index in [4.69, 9.17) is 0 Å². The van der Waals surface area contributed by atoms with Gasteiger partial charge in [-0.25, -0.2) is 0 Å². The van der Waals surface area contributed by atoms with Gasteiger partial charge in [0.1, 0.15) is 0 Å². The lowest BCUT2D eigenvalue weighted by Gasteiger charge is -2.39. The molecule has 0 aromatic heterocycles. The maximum atomic E-state index is 12.8. The third-order valence-electron chi connectivity index (χ3n) is 6.83. The van der Waals surface area contributed by atoms with Crippen molar-refractivity contribution in [2.24, 2.45) is 0 Å². The molecule has 0 spiro atoms. The third-order valence-corrected chi connectivity index (χ3v) is 6.83. The van der Waals surface area contributed by atoms with Crippen molar-refractivity contribution in [1.29, 1.82) is 0 Å². The Labute approximate surface area is 186 Å². The summed E-state index contributed by atoms with van der Waals surface area (Å²) >= 11 is 0. The van der Waals surface area contributed by atoms with Gasteiger partial charge < -0.3 is 10.2 Å². The van der Waals surface area contributed by atoms with Gasteiger partial charge >= 0.3 is 0 Å². The number of carbonyl (C=O) groups is 2. The molecular formula is C24H37N5O2. The molecule has 0 radical (unpaired) electrons. The van der Waals surface area contributed by atoms with Crippen LogP contribution in [0.25, 0.3) is 0 Å². The van der Waals surface area contributed by atoms with E-state index in [1.54, 1.807) is 0 Å². The standard InChI is InChI=1S/C24H37N5O2/c1-19-4-3-5-21(16-19)17-26-10-14-29(15-11-26)23(30)18-27-8-12-28(13-9-27)20(2)24(31)25-22-6-7-22/h3-5,16,20,22H,6-15,17-18H2,1-2H3,(H,25,31). The molecule has 2 saturated heterocycles. The monoisotopic (exact) mass is 427 g/mol. The van der Waals surface area contributed by atoms with Crippen molar-refractivity contribution in [3.8, 4) is 0 Å². The van der Waals surface area contributed by atoms with Gasteiger partial charge in [0.15, 0.2) is 0 Å². The SMILES string of the molecule is Cc1cccc(CN2CCN(C(=O)CN3CCN(C(C)C(=O)NC4CC4)CC3)CC2)c1. The minimum atomic E-state index is -0.0834. The van der Waals surface area contributed by atoms with Crippen molar-refractivity contribution in [2.75, 3.05) is 58.9 Å². The van der Waals surface area contributed by atoms with Crippen LogP contribution in [-0.2, 0) is 16.1 Å². The minimum Gasteiger partial charge on any atom is -0.352 e. The minimum absolute atomic E-state index is 0.0834. The molecule has 2 amide bonds. The second-order valence-electron chi connectivity index (χ2n) is 9.42. The van der Waals surface area contributed by atoms with E-state index in [-0.39, 0.29) is 17.9 Å². The third kappa shape index (κ3) is 6.28. The first-order chi connectivity index (χ1) is 15.0. The Kier molecular flexibility index (Phi) is 7.25. The van der Waals surface area contributed by atoms with Crippen molar-refractivity contribution in [1.82, 2.24) is 24.9 Å². The zero-order chi connectivity index (χ0) is 21.8. The van der Waals surface area contributed by atoms with Crippen LogP contribution in [0.2, 0.25) is 0 Å². The average molecular weight is 428 g/mol. The van der Waals surface area contributed by atoms with Crippen molar-refractivity contribution in [2.45, 2.75) is 45.3 Å². The Morgan fingerprint density at radius 2 is 1.68 bits per heavy atom. The topological polar surface area (TPSA) is 59.1 Å². The highest BCUT2D eigenvalue weighted by Crippen LogP contribution is 2.19. The lowest BCUT2D eigenvalue weighted by atomic mass is 10.1. The zero-order valence-corrected chi connectivity index (χ0v) is 19.1. The first kappa shape index (κ1) is 22.2. The van der Waals surface area contributed by atoms with Crippen LogP contribution in [-0.4, -0.2) is 102 Å². The predicted molar refractivity (Wildman–Crippen MR) is 122 cm³/mol. The molecule has 1 aromatic carbocycles. The van der Waals surface area contributed by atoms with Gasteiger partial charge in [0, 0.05) is 64.9 Å². The summed E-state index contributed by atoms with van der Waals surface area (Å²) in [5.74, 6) is 0.388. The molecule has 7 heteroatoms. The number of nitrogens with one attached hydrogen (secondary N) is 1. The fourth-order valence-electron chi connectivity index (χ4n) is 4.54. The Hall–Kier alpha value is -1.96. The molecule has 1 N–H and O–H groups in total. The highest BCUT2D eigenvalue weighted by molar-refractivity contribution is 5.82. The molecule has 31 heavy (non-hydrogen) atoms. The lowest BCUT2D eigenvalue weighted by Crippen LogP contribution is -2.56. The second kappa shape index (κ2) is 10.1. The summed E-state index contributed by atoms with van der Waals surface area (Å²) in [6.45, 7) is 12.4. The van der Waals surface area contributed by atoms with Gasteiger partial charge in [0.2, 0.25) is 11.8 Å². The number of piperazine rings is 2. The molecule has 2 heterocycles. The summed E-state index contributed by atoms with van der Waals surface area (Å²) in [5.41, 5.74) is 2.64. The Morgan fingerprint density at radius 3 is 2.32 bits per heavy atom. The van der Waals surface area contributed by atoms with Gasteiger partial charge in [-0.2, -0.15) is 0 Å². The first-order valence-electron chi connectivity index (χ1n) is 11.8. The summed E-state index contributed by atoms with van der Waals surface area (Å²) in [6, 6.07) is 8.99. The molecule has 1 atom stereocenters. The number of benzene rings is 1. The number of hydrogen-bond donors (Lipinski definition) is 1. The van der Waals surface area contributed by atoms with E-state index in [2.05, 4.69) is 51.2 Å². The normalized spacial score (nSPS) is 22.3. The molecule has 2 aliphatic heterocycles. The molecule has 170 valence electrons. The van der Waals surface area contributed by atoms with E-state index >= 15 is 0 Å². The molecule has 3 fully saturated rings. The van der Waals surface area contributed by atoms with E-state index in [0.717, 1.165) is 71.7 Å². The molecule has 4 rings (SSSR count). The summed E-state index contributed by atoms with van der Waals surface area (Å²) in [4.78, 5) is 34.0. The Morgan fingerprint density at radius 1 is 1.00 bits per heavy atom. The number of carbonyl (C=O) groups excluding carboxylic acids is 2. The summed E-state index contributed by atoms with van der Waals surface area (Å²) in [5, 5.41) is 3.10. The fraction of sp³-hybridized carbons (Fsp3) is 0.667. The molecule has 0 bridgehead atoms. The average Bonchev–Trinajstić information content (AvgIpc) is 3.58. The van der Waals surface area contributed by atoms with Crippen LogP contribution in [0.5, 0.6) is 0 Å². The number of rotatable bonds is 7. The molecule has 1 unspecified atom stereocenters. The number of amides is 2. The van der Waals surface area contributed by atoms with Gasteiger partial charge in [-0.1, -0.05) is 29.8 Å². The van der Waals surface area contributed by atoms with Crippen LogP contribution in [0.15, 0.2) is 24.3 Å². The molecule has 1 aromatic rings. The van der Waals surface area contributed by atoms with Crippen LogP contribution in [0.3, 0.4) is 0 Å². The van der Waals surface area contributed by atoms with Crippen molar-refractivity contribution in [3.63, 3.8) is 0 Å². The molecule has 3 aliphatic rings. The smallest absolute Gasteiger partial charge is 0.237 e. The van der Waals surface area contributed by atoms with Crippen LogP contribution < -0.4 is 5.32 Å². The van der Waals surface area contributed by atoms with Crippen LogP contribution in [0, 0.1) is 6.92 Å². The van der Waals surface area contributed by atoms with Gasteiger partial charge in [-0.05, 0) is 32.3 Å².